The highest BCUT2D eigenvalue weighted by molar-refractivity contribution is 7.13. The molecule has 0 amide bonds. The van der Waals surface area contributed by atoms with Gasteiger partial charge in [-0.1, -0.05) is 24.6 Å². The zero-order valence-electron chi connectivity index (χ0n) is 10.4. The number of aromatic nitrogens is 2. The maximum absolute atomic E-state index is 10.3. The fourth-order valence-electron chi connectivity index (χ4n) is 2.14. The number of imidazole rings is 1. The molecule has 0 aromatic carbocycles. The quantitative estimate of drug-likeness (QED) is 0.787. The lowest BCUT2D eigenvalue weighted by atomic mass is 10.1. The number of nitrogens with zero attached hydrogens (tertiary/aromatic N) is 2. The summed E-state index contributed by atoms with van der Waals surface area (Å²) < 4.78 is 1.88. The number of thiophene rings is 1. The van der Waals surface area contributed by atoms with Crippen LogP contribution in [0.3, 0.4) is 0 Å². The minimum Gasteiger partial charge on any atom is -0.387 e. The van der Waals surface area contributed by atoms with Gasteiger partial charge in [0.15, 0.2) is 0 Å². The lowest BCUT2D eigenvalue weighted by Crippen LogP contribution is -2.01. The second-order valence-electron chi connectivity index (χ2n) is 4.32. The largest absolute Gasteiger partial charge is 0.387 e. The molecule has 1 unspecified atom stereocenters. The molecule has 3 aromatic heterocycles. The van der Waals surface area contributed by atoms with E-state index in [4.69, 9.17) is 11.6 Å². The molecular weight excluding hydrogens is 280 g/mol. The van der Waals surface area contributed by atoms with E-state index in [0.29, 0.717) is 11.4 Å². The number of halogens is 1. The first-order valence-corrected chi connectivity index (χ1v) is 7.36. The standard InChI is InChI=1S/C14H13ClN2OS/c1-2-10(18)14-13(11-4-3-7-19-11)16-12-6-5-9(15)8-17(12)14/h3-8,10,18H,2H2,1H3. The Morgan fingerprint density at radius 1 is 1.42 bits per heavy atom. The summed E-state index contributed by atoms with van der Waals surface area (Å²) in [5, 5.41) is 12.9. The van der Waals surface area contributed by atoms with Gasteiger partial charge in [-0.05, 0) is 30.0 Å². The first-order valence-electron chi connectivity index (χ1n) is 6.10. The average Bonchev–Trinajstić information content (AvgIpc) is 3.03. The van der Waals surface area contributed by atoms with Crippen molar-refractivity contribution in [3.05, 3.63) is 46.6 Å². The van der Waals surface area contributed by atoms with Gasteiger partial charge in [0.25, 0.3) is 0 Å². The Hall–Kier alpha value is -1.36. The summed E-state index contributed by atoms with van der Waals surface area (Å²) in [6, 6.07) is 7.68. The van der Waals surface area contributed by atoms with Crippen molar-refractivity contribution in [2.45, 2.75) is 19.4 Å². The molecule has 3 heterocycles. The predicted molar refractivity (Wildman–Crippen MR) is 78.8 cm³/mol. The van der Waals surface area contributed by atoms with Crippen LogP contribution in [0.5, 0.6) is 0 Å². The highest BCUT2D eigenvalue weighted by Gasteiger charge is 2.20. The molecule has 0 aliphatic rings. The SMILES string of the molecule is CCC(O)c1c(-c2cccs2)nc2ccc(Cl)cn12. The van der Waals surface area contributed by atoms with Crippen LogP contribution in [-0.2, 0) is 0 Å². The van der Waals surface area contributed by atoms with Gasteiger partial charge >= 0.3 is 0 Å². The van der Waals surface area contributed by atoms with E-state index in [-0.39, 0.29) is 0 Å². The van der Waals surface area contributed by atoms with Gasteiger partial charge in [-0.3, -0.25) is 4.40 Å². The second kappa shape index (κ2) is 4.96. The first-order chi connectivity index (χ1) is 9.20. The number of aliphatic hydroxyl groups is 1. The van der Waals surface area contributed by atoms with E-state index in [2.05, 4.69) is 4.98 Å². The third-order valence-electron chi connectivity index (χ3n) is 3.08. The lowest BCUT2D eigenvalue weighted by Gasteiger charge is -2.10. The zero-order valence-corrected chi connectivity index (χ0v) is 11.9. The van der Waals surface area contributed by atoms with Gasteiger partial charge in [0.2, 0.25) is 0 Å². The van der Waals surface area contributed by atoms with Crippen molar-refractivity contribution < 1.29 is 5.11 Å². The van der Waals surface area contributed by atoms with Gasteiger partial charge in [-0.2, -0.15) is 0 Å². The van der Waals surface area contributed by atoms with E-state index in [1.807, 2.05) is 41.0 Å². The molecule has 19 heavy (non-hydrogen) atoms. The van der Waals surface area contributed by atoms with Gasteiger partial charge in [0, 0.05) is 6.20 Å². The van der Waals surface area contributed by atoms with Crippen molar-refractivity contribution in [3.63, 3.8) is 0 Å². The van der Waals surface area contributed by atoms with Crippen LogP contribution in [0.25, 0.3) is 16.2 Å². The van der Waals surface area contributed by atoms with Crippen LogP contribution in [0.2, 0.25) is 5.02 Å². The van der Waals surface area contributed by atoms with Crippen LogP contribution in [-0.4, -0.2) is 14.5 Å². The zero-order chi connectivity index (χ0) is 13.4. The number of hydrogen-bond donors (Lipinski definition) is 1. The summed E-state index contributed by atoms with van der Waals surface area (Å²) in [6.45, 7) is 1.95. The Morgan fingerprint density at radius 3 is 2.95 bits per heavy atom. The van der Waals surface area contributed by atoms with E-state index < -0.39 is 6.10 Å². The lowest BCUT2D eigenvalue weighted by molar-refractivity contribution is 0.168. The van der Waals surface area contributed by atoms with Crippen molar-refractivity contribution in [1.82, 2.24) is 9.38 Å². The number of fused-ring (bicyclic) bond motifs is 1. The molecule has 3 aromatic rings. The van der Waals surface area contributed by atoms with E-state index in [1.54, 1.807) is 17.5 Å². The average molecular weight is 293 g/mol. The monoisotopic (exact) mass is 292 g/mol. The van der Waals surface area contributed by atoms with Crippen molar-refractivity contribution in [1.29, 1.82) is 0 Å². The molecule has 0 aliphatic heterocycles. The molecule has 0 saturated heterocycles. The van der Waals surface area contributed by atoms with Crippen molar-refractivity contribution in [2.75, 3.05) is 0 Å². The van der Waals surface area contributed by atoms with Crippen molar-refractivity contribution in [3.8, 4) is 10.6 Å². The molecule has 1 N–H and O–H groups in total. The highest BCUT2D eigenvalue weighted by atomic mass is 35.5. The molecule has 0 radical (unpaired) electrons. The van der Waals surface area contributed by atoms with Gasteiger partial charge in [0.05, 0.1) is 21.7 Å². The van der Waals surface area contributed by atoms with E-state index in [0.717, 1.165) is 21.9 Å². The van der Waals surface area contributed by atoms with Gasteiger partial charge in [-0.15, -0.1) is 11.3 Å². The fraction of sp³-hybridized carbons (Fsp3) is 0.214. The minimum atomic E-state index is -0.550. The Balaban J connectivity index is 2.32. The maximum Gasteiger partial charge on any atom is 0.137 e. The Bertz CT molecular complexity index is 706. The van der Waals surface area contributed by atoms with Gasteiger partial charge in [-0.25, -0.2) is 4.98 Å². The van der Waals surface area contributed by atoms with Crippen LogP contribution in [0.15, 0.2) is 35.8 Å². The molecule has 0 saturated carbocycles. The Morgan fingerprint density at radius 2 is 2.26 bits per heavy atom. The molecule has 0 spiro atoms. The Kier molecular flexibility index (Phi) is 3.31. The summed E-state index contributed by atoms with van der Waals surface area (Å²) in [5.41, 5.74) is 2.45. The minimum absolute atomic E-state index is 0.550. The van der Waals surface area contributed by atoms with Crippen LogP contribution < -0.4 is 0 Å². The third-order valence-corrected chi connectivity index (χ3v) is 4.18. The van der Waals surface area contributed by atoms with Crippen LogP contribution in [0.1, 0.15) is 25.1 Å². The summed E-state index contributed by atoms with van der Waals surface area (Å²) in [5.74, 6) is 0. The molecular formula is C14H13ClN2OS. The van der Waals surface area contributed by atoms with Crippen LogP contribution in [0.4, 0.5) is 0 Å². The molecule has 0 aliphatic carbocycles. The molecule has 3 nitrogen and oxygen atoms in total. The number of rotatable bonds is 3. The van der Waals surface area contributed by atoms with Crippen molar-refractivity contribution in [2.24, 2.45) is 0 Å². The first kappa shape index (κ1) is 12.7. The summed E-state index contributed by atoms with van der Waals surface area (Å²) in [7, 11) is 0. The molecule has 1 atom stereocenters. The second-order valence-corrected chi connectivity index (χ2v) is 5.71. The smallest absolute Gasteiger partial charge is 0.137 e. The molecule has 0 fully saturated rings. The molecule has 0 bridgehead atoms. The predicted octanol–water partition coefficient (Wildman–Crippen LogP) is 4.16. The number of aliphatic hydroxyl groups excluding tert-OH is 1. The topological polar surface area (TPSA) is 37.5 Å². The van der Waals surface area contributed by atoms with E-state index >= 15 is 0 Å². The van der Waals surface area contributed by atoms with E-state index in [1.165, 1.54) is 0 Å². The summed E-state index contributed by atoms with van der Waals surface area (Å²) in [6.07, 6.45) is 1.89. The van der Waals surface area contributed by atoms with Gasteiger partial charge in [0.1, 0.15) is 11.3 Å². The molecule has 98 valence electrons. The van der Waals surface area contributed by atoms with E-state index in [9.17, 15) is 5.11 Å². The summed E-state index contributed by atoms with van der Waals surface area (Å²) in [4.78, 5) is 5.68. The van der Waals surface area contributed by atoms with Crippen LogP contribution in [0, 0.1) is 0 Å². The fourth-order valence-corrected chi connectivity index (χ4v) is 3.03. The molecule has 5 heteroatoms. The maximum atomic E-state index is 10.3. The number of pyridine rings is 1. The summed E-state index contributed by atoms with van der Waals surface area (Å²) >= 11 is 7.66. The third kappa shape index (κ3) is 2.16. The Labute approximate surface area is 120 Å². The van der Waals surface area contributed by atoms with Crippen LogP contribution >= 0.6 is 22.9 Å². The van der Waals surface area contributed by atoms with Gasteiger partial charge < -0.3 is 5.11 Å². The number of hydrogen-bond acceptors (Lipinski definition) is 3. The molecule has 3 rings (SSSR count). The van der Waals surface area contributed by atoms with Crippen molar-refractivity contribution >= 4 is 28.6 Å². The normalized spacial score (nSPS) is 13.0. The highest BCUT2D eigenvalue weighted by Crippen LogP contribution is 2.33.